The van der Waals surface area contributed by atoms with Crippen molar-refractivity contribution in [3.05, 3.63) is 0 Å². The first-order valence-corrected chi connectivity index (χ1v) is 7.96. The number of nitrogens with one attached hydrogen (secondary N) is 1. The quantitative estimate of drug-likeness (QED) is 0.544. The lowest BCUT2D eigenvalue weighted by atomic mass is 9.74. The molecule has 0 aromatic heterocycles. The van der Waals surface area contributed by atoms with Crippen LogP contribution in [-0.4, -0.2) is 12.1 Å². The van der Waals surface area contributed by atoms with Gasteiger partial charge in [0.1, 0.15) is 0 Å². The molecule has 0 rings (SSSR count). The van der Waals surface area contributed by atoms with E-state index in [-0.39, 0.29) is 5.54 Å². The first-order chi connectivity index (χ1) is 8.21. The molecular formula is C17H37N. The standard InChI is InChI=1S/C17H37N/c1-8-9-10-11-12-13-17(7,15(2)3)14-18-16(4,5)6/h15,18H,8-14H2,1-7H3. The van der Waals surface area contributed by atoms with Gasteiger partial charge in [0.25, 0.3) is 0 Å². The fraction of sp³-hybridized carbons (Fsp3) is 1.00. The molecular weight excluding hydrogens is 218 g/mol. The van der Waals surface area contributed by atoms with Crippen molar-refractivity contribution in [1.29, 1.82) is 0 Å². The van der Waals surface area contributed by atoms with E-state index in [1.165, 1.54) is 38.5 Å². The average Bonchev–Trinajstić information content (AvgIpc) is 2.25. The average molecular weight is 255 g/mol. The maximum absolute atomic E-state index is 3.70. The summed E-state index contributed by atoms with van der Waals surface area (Å²) in [5.74, 6) is 0.749. The van der Waals surface area contributed by atoms with Crippen molar-refractivity contribution in [2.45, 2.75) is 92.5 Å². The minimum absolute atomic E-state index is 0.234. The van der Waals surface area contributed by atoms with E-state index in [1.807, 2.05) is 0 Å². The second-order valence-corrected chi connectivity index (χ2v) is 7.58. The van der Waals surface area contributed by atoms with E-state index in [0.29, 0.717) is 5.41 Å². The number of rotatable bonds is 9. The third-order valence-corrected chi connectivity index (χ3v) is 4.27. The summed E-state index contributed by atoms with van der Waals surface area (Å²) in [6.07, 6.45) is 8.31. The van der Waals surface area contributed by atoms with Crippen LogP contribution in [0.15, 0.2) is 0 Å². The van der Waals surface area contributed by atoms with Crippen LogP contribution in [-0.2, 0) is 0 Å². The minimum Gasteiger partial charge on any atom is -0.312 e. The predicted molar refractivity (Wildman–Crippen MR) is 84.1 cm³/mol. The molecule has 1 heteroatoms. The van der Waals surface area contributed by atoms with Crippen LogP contribution in [0.1, 0.15) is 87.0 Å². The molecule has 1 nitrogen and oxygen atoms in total. The highest BCUT2D eigenvalue weighted by molar-refractivity contribution is 4.83. The van der Waals surface area contributed by atoms with Gasteiger partial charge in [0.2, 0.25) is 0 Å². The van der Waals surface area contributed by atoms with E-state index in [4.69, 9.17) is 0 Å². The first-order valence-electron chi connectivity index (χ1n) is 7.96. The van der Waals surface area contributed by atoms with E-state index in [0.717, 1.165) is 12.5 Å². The van der Waals surface area contributed by atoms with Gasteiger partial charge in [-0.1, -0.05) is 59.8 Å². The zero-order valence-electron chi connectivity index (χ0n) is 14.0. The largest absolute Gasteiger partial charge is 0.312 e. The molecule has 1 unspecified atom stereocenters. The van der Waals surface area contributed by atoms with Crippen LogP contribution in [0.5, 0.6) is 0 Å². The van der Waals surface area contributed by atoms with E-state index in [2.05, 4.69) is 53.8 Å². The van der Waals surface area contributed by atoms with Crippen LogP contribution in [0.2, 0.25) is 0 Å². The van der Waals surface area contributed by atoms with Crippen LogP contribution in [0.3, 0.4) is 0 Å². The Kier molecular flexibility index (Phi) is 8.18. The van der Waals surface area contributed by atoms with Crippen LogP contribution < -0.4 is 5.32 Å². The maximum atomic E-state index is 3.70. The van der Waals surface area contributed by atoms with Gasteiger partial charge in [0.05, 0.1) is 0 Å². The number of hydrogen-bond acceptors (Lipinski definition) is 1. The molecule has 0 saturated heterocycles. The summed E-state index contributed by atoms with van der Waals surface area (Å²) in [4.78, 5) is 0. The Labute approximate surface area is 116 Å². The third-order valence-electron chi connectivity index (χ3n) is 4.27. The Morgan fingerprint density at radius 3 is 1.89 bits per heavy atom. The van der Waals surface area contributed by atoms with Gasteiger partial charge >= 0.3 is 0 Å². The molecule has 0 spiro atoms. The van der Waals surface area contributed by atoms with Crippen LogP contribution in [0.4, 0.5) is 0 Å². The van der Waals surface area contributed by atoms with Gasteiger partial charge in [-0.3, -0.25) is 0 Å². The first kappa shape index (κ1) is 18.0. The highest BCUT2D eigenvalue weighted by Crippen LogP contribution is 2.33. The summed E-state index contributed by atoms with van der Waals surface area (Å²) in [6.45, 7) is 17.4. The van der Waals surface area contributed by atoms with Crippen molar-refractivity contribution in [1.82, 2.24) is 5.32 Å². The van der Waals surface area contributed by atoms with Gasteiger partial charge in [0, 0.05) is 12.1 Å². The topological polar surface area (TPSA) is 12.0 Å². The molecule has 0 radical (unpaired) electrons. The summed E-state index contributed by atoms with van der Waals surface area (Å²) < 4.78 is 0. The van der Waals surface area contributed by atoms with Crippen LogP contribution in [0.25, 0.3) is 0 Å². The van der Waals surface area contributed by atoms with E-state index < -0.39 is 0 Å². The predicted octanol–water partition coefficient (Wildman–Crippen LogP) is 5.40. The van der Waals surface area contributed by atoms with E-state index in [9.17, 15) is 0 Å². The molecule has 0 aliphatic carbocycles. The number of hydrogen-bond donors (Lipinski definition) is 1. The summed E-state index contributed by atoms with van der Waals surface area (Å²) in [5, 5.41) is 3.70. The second-order valence-electron chi connectivity index (χ2n) is 7.58. The summed E-state index contributed by atoms with van der Waals surface area (Å²) >= 11 is 0. The van der Waals surface area contributed by atoms with Crippen molar-refractivity contribution in [3.63, 3.8) is 0 Å². The van der Waals surface area contributed by atoms with Gasteiger partial charge in [-0.25, -0.2) is 0 Å². The molecule has 0 aliphatic rings. The minimum atomic E-state index is 0.234. The fourth-order valence-corrected chi connectivity index (χ4v) is 2.18. The Bertz CT molecular complexity index is 202. The van der Waals surface area contributed by atoms with Crippen molar-refractivity contribution >= 4 is 0 Å². The van der Waals surface area contributed by atoms with Crippen molar-refractivity contribution in [2.24, 2.45) is 11.3 Å². The molecule has 1 atom stereocenters. The Balaban J connectivity index is 4.10. The summed E-state index contributed by atoms with van der Waals surface area (Å²) in [7, 11) is 0. The lowest BCUT2D eigenvalue weighted by Gasteiger charge is -2.37. The monoisotopic (exact) mass is 255 g/mol. The van der Waals surface area contributed by atoms with Gasteiger partial charge < -0.3 is 5.32 Å². The molecule has 0 fully saturated rings. The maximum Gasteiger partial charge on any atom is 0.00967 e. The lowest BCUT2D eigenvalue weighted by Crippen LogP contribution is -2.44. The normalized spacial score (nSPS) is 16.0. The highest BCUT2D eigenvalue weighted by Gasteiger charge is 2.28. The molecule has 0 heterocycles. The Hall–Kier alpha value is -0.0400. The zero-order chi connectivity index (χ0) is 14.2. The molecule has 110 valence electrons. The van der Waals surface area contributed by atoms with Crippen molar-refractivity contribution in [2.75, 3.05) is 6.54 Å². The van der Waals surface area contributed by atoms with Crippen LogP contribution in [0, 0.1) is 11.3 Å². The molecule has 0 aromatic carbocycles. The lowest BCUT2D eigenvalue weighted by molar-refractivity contribution is 0.168. The molecule has 1 N–H and O–H groups in total. The molecule has 0 aromatic rings. The molecule has 0 amide bonds. The van der Waals surface area contributed by atoms with Crippen molar-refractivity contribution in [3.8, 4) is 0 Å². The Morgan fingerprint density at radius 2 is 1.44 bits per heavy atom. The smallest absolute Gasteiger partial charge is 0.00967 e. The molecule has 0 bridgehead atoms. The van der Waals surface area contributed by atoms with E-state index in [1.54, 1.807) is 0 Å². The van der Waals surface area contributed by atoms with Gasteiger partial charge in [-0.05, 0) is 38.5 Å². The zero-order valence-corrected chi connectivity index (χ0v) is 14.0. The Morgan fingerprint density at radius 1 is 0.889 bits per heavy atom. The fourth-order valence-electron chi connectivity index (χ4n) is 2.18. The molecule has 0 aliphatic heterocycles. The van der Waals surface area contributed by atoms with Gasteiger partial charge in [0.15, 0.2) is 0 Å². The SMILES string of the molecule is CCCCCCCC(C)(CNC(C)(C)C)C(C)C. The van der Waals surface area contributed by atoms with Gasteiger partial charge in [-0.2, -0.15) is 0 Å². The number of unbranched alkanes of at least 4 members (excludes halogenated alkanes) is 4. The summed E-state index contributed by atoms with van der Waals surface area (Å²) in [5.41, 5.74) is 0.678. The highest BCUT2D eigenvalue weighted by atomic mass is 15.0. The van der Waals surface area contributed by atoms with Crippen molar-refractivity contribution < 1.29 is 0 Å². The van der Waals surface area contributed by atoms with Crippen LogP contribution >= 0.6 is 0 Å². The second kappa shape index (κ2) is 8.19. The van der Waals surface area contributed by atoms with E-state index >= 15 is 0 Å². The van der Waals surface area contributed by atoms with Gasteiger partial charge in [-0.15, -0.1) is 0 Å². The third kappa shape index (κ3) is 8.13. The summed E-state index contributed by atoms with van der Waals surface area (Å²) in [6, 6.07) is 0. The molecule has 0 saturated carbocycles. The molecule has 18 heavy (non-hydrogen) atoms.